The Labute approximate surface area is 72.4 Å². The van der Waals surface area contributed by atoms with Crippen molar-refractivity contribution in [3.63, 3.8) is 0 Å². The van der Waals surface area contributed by atoms with Crippen molar-refractivity contribution in [2.45, 2.75) is 59.3 Å². The van der Waals surface area contributed by atoms with Crippen LogP contribution in [0.4, 0.5) is 0 Å². The van der Waals surface area contributed by atoms with E-state index in [1.54, 1.807) is 0 Å². The molecule has 0 aliphatic heterocycles. The fourth-order valence-corrected chi connectivity index (χ4v) is 1.48. The summed E-state index contributed by atoms with van der Waals surface area (Å²) < 4.78 is 0. The molecule has 0 bridgehead atoms. The predicted molar refractivity (Wildman–Crippen MR) is 52.5 cm³/mol. The van der Waals surface area contributed by atoms with Crippen molar-refractivity contribution in [3.8, 4) is 0 Å². The lowest BCUT2D eigenvalue weighted by Gasteiger charge is -2.10. The van der Waals surface area contributed by atoms with Crippen LogP contribution in [0.1, 0.15) is 59.3 Å². The van der Waals surface area contributed by atoms with Crippen LogP contribution in [0.3, 0.4) is 0 Å². The topological polar surface area (TPSA) is 0 Å². The van der Waals surface area contributed by atoms with E-state index in [0.29, 0.717) is 0 Å². The molecular weight excluding hydrogens is 132 g/mol. The lowest BCUT2D eigenvalue weighted by Crippen LogP contribution is -1.95. The van der Waals surface area contributed by atoms with E-state index in [2.05, 4.69) is 27.2 Å². The Morgan fingerprint density at radius 3 is 2.18 bits per heavy atom. The Hall–Kier alpha value is 0. The van der Waals surface area contributed by atoms with Gasteiger partial charge in [-0.05, 0) is 12.3 Å². The number of hydrogen-bond acceptors (Lipinski definition) is 0. The summed E-state index contributed by atoms with van der Waals surface area (Å²) in [5.41, 5.74) is 0. The Bertz CT molecular complexity index is 62.4. The molecule has 0 spiro atoms. The average Bonchev–Trinajstić information content (AvgIpc) is 2.05. The number of rotatable bonds is 7. The molecule has 0 aromatic rings. The van der Waals surface area contributed by atoms with Gasteiger partial charge in [-0.25, -0.2) is 0 Å². The highest BCUT2D eigenvalue weighted by Crippen LogP contribution is 2.16. The summed E-state index contributed by atoms with van der Waals surface area (Å²) >= 11 is 0. The normalized spacial score (nSPS) is 10.9. The van der Waals surface area contributed by atoms with E-state index >= 15 is 0 Å². The molecular formula is C11H23. The molecule has 67 valence electrons. The highest BCUT2D eigenvalue weighted by atomic mass is 14.1. The maximum Gasteiger partial charge on any atom is -0.0417 e. The van der Waals surface area contributed by atoms with Crippen LogP contribution in [0.15, 0.2) is 0 Å². The minimum absolute atomic E-state index is 0.992. The van der Waals surface area contributed by atoms with E-state index in [0.717, 1.165) is 5.92 Å². The Balaban J connectivity index is 3.07. The van der Waals surface area contributed by atoms with E-state index < -0.39 is 0 Å². The van der Waals surface area contributed by atoms with Gasteiger partial charge in [-0.1, -0.05) is 59.3 Å². The molecule has 0 amide bonds. The van der Waals surface area contributed by atoms with Gasteiger partial charge >= 0.3 is 0 Å². The summed E-state index contributed by atoms with van der Waals surface area (Å²) in [7, 11) is 0. The zero-order valence-corrected chi connectivity index (χ0v) is 8.40. The van der Waals surface area contributed by atoms with Crippen molar-refractivity contribution in [2.24, 2.45) is 5.92 Å². The van der Waals surface area contributed by atoms with E-state index in [1.807, 2.05) is 0 Å². The molecule has 0 saturated carbocycles. The van der Waals surface area contributed by atoms with Gasteiger partial charge in [0.05, 0.1) is 0 Å². The first-order valence-electron chi connectivity index (χ1n) is 5.12. The van der Waals surface area contributed by atoms with Crippen LogP contribution in [-0.2, 0) is 0 Å². The summed E-state index contributed by atoms with van der Waals surface area (Å²) in [6.45, 7) is 6.76. The van der Waals surface area contributed by atoms with Gasteiger partial charge in [-0.15, -0.1) is 0 Å². The molecule has 0 N–H and O–H groups in total. The predicted octanol–water partition coefficient (Wildman–Crippen LogP) is 4.21. The third-order valence-corrected chi connectivity index (χ3v) is 2.51. The van der Waals surface area contributed by atoms with Crippen molar-refractivity contribution in [2.75, 3.05) is 0 Å². The van der Waals surface area contributed by atoms with Crippen molar-refractivity contribution in [1.82, 2.24) is 0 Å². The third kappa shape index (κ3) is 6.40. The maximum absolute atomic E-state index is 2.31. The maximum atomic E-state index is 2.31. The van der Waals surface area contributed by atoms with Gasteiger partial charge in [0.25, 0.3) is 0 Å². The van der Waals surface area contributed by atoms with Crippen molar-refractivity contribution in [3.05, 3.63) is 6.42 Å². The molecule has 0 saturated heterocycles. The second-order valence-electron chi connectivity index (χ2n) is 3.38. The smallest absolute Gasteiger partial charge is 0.0417 e. The summed E-state index contributed by atoms with van der Waals surface area (Å²) in [6, 6.07) is 0. The van der Waals surface area contributed by atoms with Crippen LogP contribution in [-0.4, -0.2) is 0 Å². The summed E-state index contributed by atoms with van der Waals surface area (Å²) in [5, 5.41) is 0. The third-order valence-electron chi connectivity index (χ3n) is 2.51. The summed E-state index contributed by atoms with van der Waals surface area (Å²) in [4.78, 5) is 0. The molecule has 0 aliphatic rings. The molecule has 0 unspecified atom stereocenters. The van der Waals surface area contributed by atoms with Crippen LogP contribution >= 0.6 is 0 Å². The molecule has 0 heteroatoms. The quantitative estimate of drug-likeness (QED) is 0.483. The fraction of sp³-hybridized carbons (Fsp3) is 0.909. The zero-order valence-electron chi connectivity index (χ0n) is 8.40. The molecule has 1 radical (unpaired) electrons. The van der Waals surface area contributed by atoms with Gasteiger partial charge < -0.3 is 0 Å². The lowest BCUT2D eigenvalue weighted by molar-refractivity contribution is 0.433. The highest BCUT2D eigenvalue weighted by Gasteiger charge is 2.01. The molecule has 0 fully saturated rings. The molecule has 0 heterocycles. The van der Waals surface area contributed by atoms with Crippen LogP contribution < -0.4 is 0 Å². The molecule has 0 nitrogen and oxygen atoms in total. The van der Waals surface area contributed by atoms with Crippen molar-refractivity contribution < 1.29 is 0 Å². The van der Waals surface area contributed by atoms with Crippen LogP contribution in [0.25, 0.3) is 0 Å². The minimum Gasteiger partial charge on any atom is -0.0651 e. The molecule has 0 atom stereocenters. The monoisotopic (exact) mass is 155 g/mol. The van der Waals surface area contributed by atoms with Gasteiger partial charge in [0, 0.05) is 0 Å². The fourth-order valence-electron chi connectivity index (χ4n) is 1.48. The SMILES string of the molecule is C[CH]CCCCC(CC)CC. The molecule has 0 aliphatic carbocycles. The standard InChI is InChI=1S/C11H23/c1-4-7-8-9-10-11(5-2)6-3/h4,11H,5-10H2,1-3H3. The van der Waals surface area contributed by atoms with Crippen LogP contribution in [0.5, 0.6) is 0 Å². The second kappa shape index (κ2) is 8.10. The van der Waals surface area contributed by atoms with E-state index in [1.165, 1.54) is 38.5 Å². The number of hydrogen-bond donors (Lipinski definition) is 0. The van der Waals surface area contributed by atoms with Gasteiger partial charge in [0.15, 0.2) is 0 Å². The van der Waals surface area contributed by atoms with E-state index in [-0.39, 0.29) is 0 Å². The van der Waals surface area contributed by atoms with Gasteiger partial charge in [0.2, 0.25) is 0 Å². The molecule has 0 rings (SSSR count). The number of unbranched alkanes of at least 4 members (excludes halogenated alkanes) is 3. The minimum atomic E-state index is 0.992. The van der Waals surface area contributed by atoms with Gasteiger partial charge in [-0.3, -0.25) is 0 Å². The Morgan fingerprint density at radius 1 is 1.09 bits per heavy atom. The van der Waals surface area contributed by atoms with Crippen molar-refractivity contribution >= 4 is 0 Å². The molecule has 0 aromatic heterocycles. The van der Waals surface area contributed by atoms with Crippen LogP contribution in [0, 0.1) is 12.3 Å². The molecule has 11 heavy (non-hydrogen) atoms. The second-order valence-corrected chi connectivity index (χ2v) is 3.38. The van der Waals surface area contributed by atoms with E-state index in [9.17, 15) is 0 Å². The Morgan fingerprint density at radius 2 is 1.73 bits per heavy atom. The lowest BCUT2D eigenvalue weighted by atomic mass is 9.96. The average molecular weight is 155 g/mol. The first-order valence-corrected chi connectivity index (χ1v) is 5.12. The largest absolute Gasteiger partial charge is 0.0651 e. The van der Waals surface area contributed by atoms with Gasteiger partial charge in [-0.2, -0.15) is 0 Å². The Kier molecular flexibility index (Phi) is 8.10. The first-order chi connectivity index (χ1) is 5.35. The zero-order chi connectivity index (χ0) is 8.53. The summed E-state index contributed by atoms with van der Waals surface area (Å²) in [5.74, 6) is 0.992. The molecule has 0 aromatic carbocycles. The summed E-state index contributed by atoms with van der Waals surface area (Å²) in [6.07, 6.45) is 10.6. The highest BCUT2D eigenvalue weighted by molar-refractivity contribution is 4.59. The van der Waals surface area contributed by atoms with Crippen molar-refractivity contribution in [1.29, 1.82) is 0 Å². The van der Waals surface area contributed by atoms with E-state index in [4.69, 9.17) is 0 Å². The van der Waals surface area contributed by atoms with Crippen LogP contribution in [0.2, 0.25) is 0 Å². The van der Waals surface area contributed by atoms with Gasteiger partial charge in [0.1, 0.15) is 0 Å². The first kappa shape index (κ1) is 11.0.